The van der Waals surface area contributed by atoms with Crippen LogP contribution in [0.4, 0.5) is 0 Å². The van der Waals surface area contributed by atoms with E-state index in [1.807, 2.05) is 31.2 Å². The van der Waals surface area contributed by atoms with Crippen LogP contribution in [-0.2, 0) is 4.79 Å². The normalized spacial score (nSPS) is 8.88. The van der Waals surface area contributed by atoms with E-state index in [9.17, 15) is 4.79 Å². The number of benzene rings is 1. The van der Waals surface area contributed by atoms with Gasteiger partial charge >= 0.3 is 0 Å². The van der Waals surface area contributed by atoms with E-state index in [0.29, 0.717) is 6.54 Å². The van der Waals surface area contributed by atoms with Gasteiger partial charge in [0.25, 0.3) is 0 Å². The lowest BCUT2D eigenvalue weighted by Gasteiger charge is -1.98. The highest BCUT2D eigenvalue weighted by Crippen LogP contribution is 2.11. The molecule has 0 atom stereocenters. The maximum Gasteiger partial charge on any atom is 0.217 e. The predicted octanol–water partition coefficient (Wildman–Crippen LogP) is 2.21. The highest BCUT2D eigenvalue weighted by atomic mass is 16.1. The molecular weight excluding hydrogens is 198 g/mol. The summed E-state index contributed by atoms with van der Waals surface area (Å²) in [6, 6.07) is 7.88. The van der Waals surface area contributed by atoms with Gasteiger partial charge in [-0.1, -0.05) is 36.1 Å². The van der Waals surface area contributed by atoms with E-state index in [1.165, 1.54) is 6.92 Å². The maximum absolute atomic E-state index is 10.6. The van der Waals surface area contributed by atoms with Gasteiger partial charge in [0, 0.05) is 12.5 Å². The fourth-order valence-electron chi connectivity index (χ4n) is 1.15. The molecule has 82 valence electrons. The summed E-state index contributed by atoms with van der Waals surface area (Å²) in [4.78, 5) is 10.6. The number of amides is 1. The Morgan fingerprint density at radius 2 is 1.94 bits per heavy atom. The predicted molar refractivity (Wildman–Crippen MR) is 66.7 cm³/mol. The van der Waals surface area contributed by atoms with E-state index in [2.05, 4.69) is 23.7 Å². The molecule has 0 aliphatic rings. The summed E-state index contributed by atoms with van der Waals surface area (Å²) < 4.78 is 0. The van der Waals surface area contributed by atoms with Crippen LogP contribution in [-0.4, -0.2) is 12.5 Å². The third-order valence-corrected chi connectivity index (χ3v) is 2.04. The summed E-state index contributed by atoms with van der Waals surface area (Å²) in [7, 11) is 0. The van der Waals surface area contributed by atoms with Gasteiger partial charge in [-0.2, -0.15) is 0 Å². The first kappa shape index (κ1) is 12.1. The molecule has 0 aliphatic carbocycles. The number of rotatable bonds is 2. The zero-order valence-corrected chi connectivity index (χ0v) is 9.63. The molecule has 0 saturated heterocycles. The number of hydrogen-bond donors (Lipinski definition) is 1. The first-order valence-corrected chi connectivity index (χ1v) is 5.09. The Bertz CT molecular complexity index is 446. The van der Waals surface area contributed by atoms with E-state index in [4.69, 9.17) is 0 Å². The van der Waals surface area contributed by atoms with E-state index >= 15 is 0 Å². The van der Waals surface area contributed by atoms with Crippen molar-refractivity contribution in [1.29, 1.82) is 0 Å². The quantitative estimate of drug-likeness (QED) is 0.750. The molecule has 1 rings (SSSR count). The largest absolute Gasteiger partial charge is 0.345 e. The van der Waals surface area contributed by atoms with Crippen molar-refractivity contribution in [3.05, 3.63) is 42.0 Å². The van der Waals surface area contributed by atoms with Gasteiger partial charge in [-0.3, -0.25) is 4.79 Å². The first-order valence-electron chi connectivity index (χ1n) is 5.09. The summed E-state index contributed by atoms with van der Waals surface area (Å²) in [6.07, 6.45) is 0. The second-order valence-electron chi connectivity index (χ2n) is 3.57. The van der Waals surface area contributed by atoms with Crippen molar-refractivity contribution in [1.82, 2.24) is 5.32 Å². The minimum atomic E-state index is -0.0630. The number of carbonyl (C=O) groups is 1. The lowest BCUT2D eigenvalue weighted by atomic mass is 10.1. The van der Waals surface area contributed by atoms with Gasteiger partial charge in [0.05, 0.1) is 6.54 Å². The topological polar surface area (TPSA) is 29.1 Å². The Morgan fingerprint density at radius 3 is 2.44 bits per heavy atom. The van der Waals surface area contributed by atoms with Crippen molar-refractivity contribution in [3.8, 4) is 11.8 Å². The van der Waals surface area contributed by atoms with Crippen LogP contribution < -0.4 is 5.32 Å². The second kappa shape index (κ2) is 5.77. The Hall–Kier alpha value is -2.01. The highest BCUT2D eigenvalue weighted by Gasteiger charge is 1.92. The van der Waals surface area contributed by atoms with Crippen molar-refractivity contribution >= 4 is 11.5 Å². The van der Waals surface area contributed by atoms with Crippen LogP contribution in [0.2, 0.25) is 0 Å². The van der Waals surface area contributed by atoms with Crippen LogP contribution in [0, 0.1) is 11.8 Å². The Balaban J connectivity index is 2.61. The molecular formula is C14H15NO. The van der Waals surface area contributed by atoms with Gasteiger partial charge in [0.15, 0.2) is 0 Å². The molecule has 2 heteroatoms. The average Bonchev–Trinajstić information content (AvgIpc) is 2.25. The highest BCUT2D eigenvalue weighted by molar-refractivity contribution is 5.73. The second-order valence-corrected chi connectivity index (χ2v) is 3.57. The van der Waals surface area contributed by atoms with Crippen LogP contribution >= 0.6 is 0 Å². The van der Waals surface area contributed by atoms with E-state index < -0.39 is 0 Å². The number of carbonyl (C=O) groups excluding carboxylic acids is 1. The van der Waals surface area contributed by atoms with Crippen LogP contribution in [0.15, 0.2) is 30.8 Å². The molecule has 0 aromatic heterocycles. The molecule has 0 fully saturated rings. The minimum absolute atomic E-state index is 0.0630. The van der Waals surface area contributed by atoms with Crippen LogP contribution in [0.1, 0.15) is 25.0 Å². The lowest BCUT2D eigenvalue weighted by molar-refractivity contribution is -0.118. The van der Waals surface area contributed by atoms with Gasteiger partial charge in [-0.15, -0.1) is 0 Å². The molecule has 1 amide bonds. The zero-order valence-electron chi connectivity index (χ0n) is 9.63. The minimum Gasteiger partial charge on any atom is -0.345 e. The summed E-state index contributed by atoms with van der Waals surface area (Å²) in [6.45, 7) is 7.70. The number of hydrogen-bond acceptors (Lipinski definition) is 1. The number of allylic oxidation sites excluding steroid dienone is 1. The monoisotopic (exact) mass is 213 g/mol. The van der Waals surface area contributed by atoms with Crippen molar-refractivity contribution in [2.24, 2.45) is 0 Å². The van der Waals surface area contributed by atoms with Gasteiger partial charge < -0.3 is 5.32 Å². The summed E-state index contributed by atoms with van der Waals surface area (Å²) in [5.41, 5.74) is 3.10. The van der Waals surface area contributed by atoms with Crippen LogP contribution in [0.25, 0.3) is 5.57 Å². The van der Waals surface area contributed by atoms with E-state index in [1.54, 1.807) is 0 Å². The Morgan fingerprint density at radius 1 is 1.31 bits per heavy atom. The zero-order chi connectivity index (χ0) is 12.0. The fraction of sp³-hybridized carbons (Fsp3) is 0.214. The van der Waals surface area contributed by atoms with Gasteiger partial charge in [0.2, 0.25) is 5.91 Å². The SMILES string of the molecule is C=C(C)c1ccc(C#CCNC(C)=O)cc1. The Labute approximate surface area is 96.4 Å². The molecule has 16 heavy (non-hydrogen) atoms. The maximum atomic E-state index is 10.6. The fourth-order valence-corrected chi connectivity index (χ4v) is 1.15. The van der Waals surface area contributed by atoms with Crippen molar-refractivity contribution in [3.63, 3.8) is 0 Å². The van der Waals surface area contributed by atoms with Gasteiger partial charge in [-0.05, 0) is 24.6 Å². The molecule has 1 N–H and O–H groups in total. The third-order valence-electron chi connectivity index (χ3n) is 2.04. The summed E-state index contributed by atoms with van der Waals surface area (Å²) in [5.74, 6) is 5.79. The van der Waals surface area contributed by atoms with Gasteiger partial charge in [-0.25, -0.2) is 0 Å². The van der Waals surface area contributed by atoms with Crippen molar-refractivity contribution in [2.75, 3.05) is 6.54 Å². The molecule has 0 saturated carbocycles. The molecule has 0 radical (unpaired) electrons. The first-order chi connectivity index (χ1) is 7.59. The average molecular weight is 213 g/mol. The molecule has 2 nitrogen and oxygen atoms in total. The molecule has 0 bridgehead atoms. The molecule has 0 unspecified atom stereocenters. The molecule has 0 spiro atoms. The standard InChI is InChI=1S/C14H15NO/c1-11(2)14-8-6-13(7-9-14)5-4-10-15-12(3)16/h6-9H,1,10H2,2-3H3,(H,15,16). The summed E-state index contributed by atoms with van der Waals surface area (Å²) in [5, 5.41) is 2.62. The van der Waals surface area contributed by atoms with E-state index in [-0.39, 0.29) is 5.91 Å². The molecule has 1 aromatic carbocycles. The van der Waals surface area contributed by atoms with Crippen LogP contribution in [0.5, 0.6) is 0 Å². The number of nitrogens with one attached hydrogen (secondary N) is 1. The third kappa shape index (κ3) is 4.02. The van der Waals surface area contributed by atoms with Crippen molar-refractivity contribution < 1.29 is 4.79 Å². The van der Waals surface area contributed by atoms with Gasteiger partial charge in [0.1, 0.15) is 0 Å². The lowest BCUT2D eigenvalue weighted by Crippen LogP contribution is -2.19. The van der Waals surface area contributed by atoms with Crippen molar-refractivity contribution in [2.45, 2.75) is 13.8 Å². The molecule has 0 aliphatic heterocycles. The summed E-state index contributed by atoms with van der Waals surface area (Å²) >= 11 is 0. The Kier molecular flexibility index (Phi) is 4.35. The van der Waals surface area contributed by atoms with Crippen LogP contribution in [0.3, 0.4) is 0 Å². The molecule has 1 aromatic rings. The molecule has 0 heterocycles. The van der Waals surface area contributed by atoms with E-state index in [0.717, 1.165) is 16.7 Å². The smallest absolute Gasteiger partial charge is 0.217 e.